The predicted molar refractivity (Wildman–Crippen MR) is 115 cm³/mol. The van der Waals surface area contributed by atoms with Gasteiger partial charge in [0.15, 0.2) is 28.1 Å². The van der Waals surface area contributed by atoms with E-state index in [0.717, 1.165) is 22.6 Å². The van der Waals surface area contributed by atoms with Crippen LogP contribution in [0.15, 0.2) is 47.9 Å². The molecule has 4 rings (SSSR count). The van der Waals surface area contributed by atoms with E-state index in [4.69, 9.17) is 18.9 Å². The zero-order valence-electron chi connectivity index (χ0n) is 16.5. The molecule has 2 aromatic carbocycles. The van der Waals surface area contributed by atoms with E-state index in [1.54, 1.807) is 13.2 Å². The largest absolute Gasteiger partial charge is 0.493 e. The highest BCUT2D eigenvalue weighted by molar-refractivity contribution is 7.14. The van der Waals surface area contributed by atoms with Gasteiger partial charge < -0.3 is 18.9 Å². The third kappa shape index (κ3) is 4.38. The van der Waals surface area contributed by atoms with Crippen LogP contribution in [0.3, 0.4) is 0 Å². The maximum absolute atomic E-state index is 12.3. The SMILES string of the molecule is CCOc1ccc(/C=C/C(=O)Nc2nc(-c3ccc4c(c3)OCO4)cs2)cc1OC. The van der Waals surface area contributed by atoms with Gasteiger partial charge in [0.2, 0.25) is 12.7 Å². The molecule has 0 saturated carbocycles. The van der Waals surface area contributed by atoms with Crippen molar-refractivity contribution in [2.75, 3.05) is 25.8 Å². The van der Waals surface area contributed by atoms with Crippen molar-refractivity contribution >= 4 is 28.5 Å². The summed E-state index contributed by atoms with van der Waals surface area (Å²) in [6.07, 6.45) is 3.16. The number of nitrogens with one attached hydrogen (secondary N) is 1. The Bertz CT molecular complexity index is 1090. The smallest absolute Gasteiger partial charge is 0.250 e. The van der Waals surface area contributed by atoms with E-state index < -0.39 is 0 Å². The normalized spacial score (nSPS) is 12.2. The molecule has 1 aliphatic heterocycles. The van der Waals surface area contributed by atoms with Crippen LogP contribution in [-0.4, -0.2) is 31.4 Å². The lowest BCUT2D eigenvalue weighted by Crippen LogP contribution is -2.07. The Labute approximate surface area is 177 Å². The van der Waals surface area contributed by atoms with Crippen molar-refractivity contribution in [3.63, 3.8) is 0 Å². The van der Waals surface area contributed by atoms with Crippen LogP contribution in [0, 0.1) is 0 Å². The molecule has 154 valence electrons. The predicted octanol–water partition coefficient (Wildman–Crippen LogP) is 4.60. The maximum Gasteiger partial charge on any atom is 0.250 e. The molecule has 0 aliphatic carbocycles. The number of hydrogen-bond donors (Lipinski definition) is 1. The Kier molecular flexibility index (Phi) is 5.85. The molecule has 0 bridgehead atoms. The Balaban J connectivity index is 1.41. The van der Waals surface area contributed by atoms with Crippen LogP contribution in [0.1, 0.15) is 12.5 Å². The summed E-state index contributed by atoms with van der Waals surface area (Å²) in [5.74, 6) is 2.43. The first-order valence-corrected chi connectivity index (χ1v) is 10.2. The lowest BCUT2D eigenvalue weighted by Gasteiger charge is -2.09. The summed E-state index contributed by atoms with van der Waals surface area (Å²) >= 11 is 1.36. The Morgan fingerprint density at radius 3 is 2.90 bits per heavy atom. The molecule has 1 aromatic heterocycles. The second kappa shape index (κ2) is 8.87. The third-order valence-electron chi connectivity index (χ3n) is 4.32. The van der Waals surface area contributed by atoms with Crippen LogP contribution in [0.2, 0.25) is 0 Å². The van der Waals surface area contributed by atoms with Gasteiger partial charge in [-0.15, -0.1) is 11.3 Å². The monoisotopic (exact) mass is 424 g/mol. The van der Waals surface area contributed by atoms with Crippen molar-refractivity contribution in [3.05, 3.63) is 53.4 Å². The van der Waals surface area contributed by atoms with Gasteiger partial charge in [0, 0.05) is 17.0 Å². The fraction of sp³-hybridized carbons (Fsp3) is 0.182. The van der Waals surface area contributed by atoms with E-state index in [0.29, 0.717) is 29.0 Å². The van der Waals surface area contributed by atoms with Crippen LogP contribution in [-0.2, 0) is 4.79 Å². The van der Waals surface area contributed by atoms with E-state index in [-0.39, 0.29) is 12.7 Å². The fourth-order valence-electron chi connectivity index (χ4n) is 2.90. The van der Waals surface area contributed by atoms with Crippen molar-refractivity contribution in [3.8, 4) is 34.3 Å². The molecular formula is C22H20N2O5S. The zero-order valence-corrected chi connectivity index (χ0v) is 17.3. The Morgan fingerprint density at radius 1 is 1.20 bits per heavy atom. The maximum atomic E-state index is 12.3. The van der Waals surface area contributed by atoms with Crippen LogP contribution in [0.5, 0.6) is 23.0 Å². The summed E-state index contributed by atoms with van der Waals surface area (Å²) in [5.41, 5.74) is 2.48. The molecule has 8 heteroatoms. The molecule has 0 atom stereocenters. The number of methoxy groups -OCH3 is 1. The fourth-order valence-corrected chi connectivity index (χ4v) is 3.62. The van der Waals surface area contributed by atoms with Gasteiger partial charge >= 0.3 is 0 Å². The summed E-state index contributed by atoms with van der Waals surface area (Å²) in [5, 5.41) is 5.18. The minimum absolute atomic E-state index is 0.226. The third-order valence-corrected chi connectivity index (χ3v) is 5.08. The number of fused-ring (bicyclic) bond motifs is 1. The molecule has 0 fully saturated rings. The van der Waals surface area contributed by atoms with Crippen LogP contribution in [0.4, 0.5) is 5.13 Å². The average molecular weight is 424 g/mol. The first kappa shape index (κ1) is 19.8. The number of carbonyl (C=O) groups is 1. The number of aromatic nitrogens is 1. The lowest BCUT2D eigenvalue weighted by molar-refractivity contribution is -0.111. The molecular weight excluding hydrogens is 404 g/mol. The standard InChI is InChI=1S/C22H20N2O5S/c1-3-27-17-7-4-14(10-19(17)26-2)5-9-21(25)24-22-23-16(12-30-22)15-6-8-18-20(11-15)29-13-28-18/h4-12H,3,13H2,1-2H3,(H,23,24,25)/b9-5+. The molecule has 1 N–H and O–H groups in total. The van der Waals surface area contributed by atoms with Gasteiger partial charge in [-0.3, -0.25) is 10.1 Å². The Hall–Kier alpha value is -3.52. The van der Waals surface area contributed by atoms with E-state index in [1.165, 1.54) is 17.4 Å². The number of hydrogen-bond acceptors (Lipinski definition) is 7. The average Bonchev–Trinajstić information content (AvgIpc) is 3.42. The van der Waals surface area contributed by atoms with Crippen LogP contribution in [0.25, 0.3) is 17.3 Å². The highest BCUT2D eigenvalue weighted by atomic mass is 32.1. The second-order valence-electron chi connectivity index (χ2n) is 6.27. The summed E-state index contributed by atoms with van der Waals surface area (Å²) in [4.78, 5) is 16.8. The second-order valence-corrected chi connectivity index (χ2v) is 7.13. The van der Waals surface area contributed by atoms with Gasteiger partial charge in [-0.05, 0) is 48.9 Å². The molecule has 2 heterocycles. The summed E-state index contributed by atoms with van der Waals surface area (Å²) in [6, 6.07) is 11.1. The Morgan fingerprint density at radius 2 is 2.07 bits per heavy atom. The van der Waals surface area contributed by atoms with Gasteiger partial charge in [-0.2, -0.15) is 0 Å². The first-order valence-electron chi connectivity index (χ1n) is 9.31. The molecule has 0 radical (unpaired) electrons. The quantitative estimate of drug-likeness (QED) is 0.559. The number of benzene rings is 2. The number of anilines is 1. The number of nitrogens with zero attached hydrogens (tertiary/aromatic N) is 1. The number of amides is 1. The molecule has 7 nitrogen and oxygen atoms in total. The summed E-state index contributed by atoms with van der Waals surface area (Å²) in [6.45, 7) is 2.69. The number of ether oxygens (including phenoxy) is 4. The minimum atomic E-state index is -0.269. The minimum Gasteiger partial charge on any atom is -0.493 e. The summed E-state index contributed by atoms with van der Waals surface area (Å²) < 4.78 is 21.6. The molecule has 0 saturated heterocycles. The van der Waals surface area contributed by atoms with Crippen molar-refractivity contribution in [1.82, 2.24) is 4.98 Å². The zero-order chi connectivity index (χ0) is 20.9. The van der Waals surface area contributed by atoms with Gasteiger partial charge in [0.25, 0.3) is 0 Å². The lowest BCUT2D eigenvalue weighted by atomic mass is 10.1. The highest BCUT2D eigenvalue weighted by Gasteiger charge is 2.15. The topological polar surface area (TPSA) is 78.9 Å². The van der Waals surface area contributed by atoms with Crippen molar-refractivity contribution in [1.29, 1.82) is 0 Å². The van der Waals surface area contributed by atoms with Crippen LogP contribution < -0.4 is 24.3 Å². The molecule has 1 amide bonds. The van der Waals surface area contributed by atoms with E-state index in [2.05, 4.69) is 10.3 Å². The number of thiazole rings is 1. The van der Waals surface area contributed by atoms with Crippen molar-refractivity contribution < 1.29 is 23.7 Å². The molecule has 0 spiro atoms. The van der Waals surface area contributed by atoms with E-state index >= 15 is 0 Å². The number of rotatable bonds is 7. The van der Waals surface area contributed by atoms with Gasteiger partial charge in [-0.1, -0.05) is 6.07 Å². The van der Waals surface area contributed by atoms with E-state index in [9.17, 15) is 4.79 Å². The van der Waals surface area contributed by atoms with Gasteiger partial charge in [0.05, 0.1) is 19.4 Å². The van der Waals surface area contributed by atoms with Crippen molar-refractivity contribution in [2.24, 2.45) is 0 Å². The molecule has 0 unspecified atom stereocenters. The van der Waals surface area contributed by atoms with E-state index in [1.807, 2.05) is 48.7 Å². The van der Waals surface area contributed by atoms with Gasteiger partial charge in [0.1, 0.15) is 0 Å². The number of carbonyl (C=O) groups excluding carboxylic acids is 1. The van der Waals surface area contributed by atoms with Gasteiger partial charge in [-0.25, -0.2) is 4.98 Å². The highest BCUT2D eigenvalue weighted by Crippen LogP contribution is 2.36. The van der Waals surface area contributed by atoms with Crippen LogP contribution >= 0.6 is 11.3 Å². The molecule has 3 aromatic rings. The molecule has 1 aliphatic rings. The van der Waals surface area contributed by atoms with Crippen molar-refractivity contribution in [2.45, 2.75) is 6.92 Å². The first-order chi connectivity index (χ1) is 14.7. The molecule has 30 heavy (non-hydrogen) atoms. The summed E-state index contributed by atoms with van der Waals surface area (Å²) in [7, 11) is 1.58.